The van der Waals surface area contributed by atoms with Gasteiger partial charge in [-0.1, -0.05) is 19.1 Å². The Morgan fingerprint density at radius 1 is 1.32 bits per heavy atom. The van der Waals surface area contributed by atoms with Crippen LogP contribution < -0.4 is 5.32 Å². The molecule has 0 fully saturated rings. The van der Waals surface area contributed by atoms with Gasteiger partial charge in [0.1, 0.15) is 0 Å². The molecule has 0 spiro atoms. The summed E-state index contributed by atoms with van der Waals surface area (Å²) in [5.41, 5.74) is -2.26. The van der Waals surface area contributed by atoms with Crippen molar-refractivity contribution in [2.75, 3.05) is 20.3 Å². The lowest BCUT2D eigenvalue weighted by atomic mass is 10.0. The normalized spacial score (nSPS) is 17.1. The smallest absolute Gasteiger partial charge is 0.384 e. The minimum absolute atomic E-state index is 0.0932. The predicted octanol–water partition coefficient (Wildman–Crippen LogP) is 2.88. The first kappa shape index (κ1) is 16.4. The summed E-state index contributed by atoms with van der Waals surface area (Å²) in [6.07, 6.45) is -4.56. The molecule has 22 heavy (non-hydrogen) atoms. The summed E-state index contributed by atoms with van der Waals surface area (Å²) >= 11 is 0. The Balaban J connectivity index is 1.99. The number of alkyl halides is 3. The highest BCUT2D eigenvalue weighted by atomic mass is 19.4. The summed E-state index contributed by atoms with van der Waals surface area (Å²) in [7, 11) is 1.57. The Labute approximate surface area is 125 Å². The Hall–Kier alpha value is -1.96. The monoisotopic (exact) mass is 315 g/mol. The summed E-state index contributed by atoms with van der Waals surface area (Å²) < 4.78 is 43.5. The van der Waals surface area contributed by atoms with Gasteiger partial charge in [-0.25, -0.2) is 0 Å². The van der Waals surface area contributed by atoms with E-state index in [1.54, 1.807) is 7.11 Å². The van der Waals surface area contributed by atoms with Gasteiger partial charge in [-0.15, -0.1) is 10.2 Å². The Kier molecular flexibility index (Phi) is 4.50. The van der Waals surface area contributed by atoms with Crippen LogP contribution in [0.5, 0.6) is 0 Å². The van der Waals surface area contributed by atoms with Gasteiger partial charge < -0.3 is 10.1 Å². The van der Waals surface area contributed by atoms with Crippen molar-refractivity contribution in [3.8, 4) is 0 Å². The number of hydrogen-bond acceptors (Lipinski definition) is 4. The molecule has 0 saturated carbocycles. The van der Waals surface area contributed by atoms with Gasteiger partial charge in [-0.05, 0) is 18.1 Å². The Morgan fingerprint density at radius 2 is 1.91 bits per heavy atom. The molecule has 2 rings (SSSR count). The molecule has 8 heteroatoms. The molecule has 0 bridgehead atoms. The van der Waals surface area contributed by atoms with Crippen LogP contribution in [0.15, 0.2) is 34.5 Å². The summed E-state index contributed by atoms with van der Waals surface area (Å²) in [6, 6.07) is 5.12. The second-order valence-corrected chi connectivity index (χ2v) is 5.22. The van der Waals surface area contributed by atoms with E-state index in [-0.39, 0.29) is 23.0 Å². The molecule has 1 N–H and O–H groups in total. The van der Waals surface area contributed by atoms with Gasteiger partial charge in [0.15, 0.2) is 0 Å². The molecule has 1 atom stereocenters. The number of amides is 1. The number of halogens is 3. The molecule has 1 aliphatic rings. The van der Waals surface area contributed by atoms with Crippen LogP contribution in [0.4, 0.5) is 13.2 Å². The first-order chi connectivity index (χ1) is 10.3. The van der Waals surface area contributed by atoms with E-state index in [2.05, 4.69) is 15.5 Å². The van der Waals surface area contributed by atoms with Crippen molar-refractivity contribution in [1.29, 1.82) is 0 Å². The van der Waals surface area contributed by atoms with Crippen molar-refractivity contribution in [1.82, 2.24) is 5.32 Å². The molecule has 120 valence electrons. The van der Waals surface area contributed by atoms with Gasteiger partial charge >= 0.3 is 11.8 Å². The summed E-state index contributed by atoms with van der Waals surface area (Å²) in [4.78, 5) is 11.9. The van der Waals surface area contributed by atoms with Crippen LogP contribution in [0.25, 0.3) is 0 Å². The number of rotatable bonds is 6. The molecule has 0 radical (unpaired) electrons. The quantitative estimate of drug-likeness (QED) is 0.877. The number of ether oxygens (including phenoxy) is 1. The molecular formula is C14H16F3N3O2. The summed E-state index contributed by atoms with van der Waals surface area (Å²) in [5, 5.41) is 8.93. The van der Waals surface area contributed by atoms with Crippen LogP contribution in [0.3, 0.4) is 0 Å². The highest BCUT2D eigenvalue weighted by Crippen LogP contribution is 2.52. The predicted molar refractivity (Wildman–Crippen MR) is 72.4 cm³/mol. The highest BCUT2D eigenvalue weighted by molar-refractivity contribution is 5.94. The van der Waals surface area contributed by atoms with Crippen molar-refractivity contribution in [3.63, 3.8) is 0 Å². The SMILES string of the molecule is COCC(C)CNC(=O)c1ccc(C2(C(F)(F)F)N=N2)cc1. The average molecular weight is 315 g/mol. The van der Waals surface area contributed by atoms with E-state index in [9.17, 15) is 18.0 Å². The van der Waals surface area contributed by atoms with Crippen LogP contribution in [-0.2, 0) is 10.4 Å². The number of hydrogen-bond donors (Lipinski definition) is 1. The molecule has 0 saturated heterocycles. The second-order valence-electron chi connectivity index (χ2n) is 5.22. The highest BCUT2D eigenvalue weighted by Gasteiger charge is 2.65. The number of carbonyl (C=O) groups is 1. The lowest BCUT2D eigenvalue weighted by Gasteiger charge is -2.15. The van der Waals surface area contributed by atoms with Gasteiger partial charge in [0.05, 0.1) is 6.61 Å². The fraction of sp³-hybridized carbons (Fsp3) is 0.500. The van der Waals surface area contributed by atoms with Gasteiger partial charge in [0.2, 0.25) is 0 Å². The minimum Gasteiger partial charge on any atom is -0.384 e. The van der Waals surface area contributed by atoms with Gasteiger partial charge in [0, 0.05) is 24.8 Å². The lowest BCUT2D eigenvalue weighted by Crippen LogP contribution is -2.31. The minimum atomic E-state index is -4.56. The summed E-state index contributed by atoms with van der Waals surface area (Å²) in [6.45, 7) is 2.85. The van der Waals surface area contributed by atoms with Gasteiger partial charge in [0.25, 0.3) is 5.91 Å². The van der Waals surface area contributed by atoms with Gasteiger partial charge in [-0.2, -0.15) is 13.2 Å². The van der Waals surface area contributed by atoms with E-state index in [1.807, 2.05) is 6.92 Å². The van der Waals surface area contributed by atoms with Crippen LogP contribution in [0.2, 0.25) is 0 Å². The third kappa shape index (κ3) is 3.27. The zero-order chi connectivity index (χ0) is 16.4. The molecule has 1 aromatic carbocycles. The second kappa shape index (κ2) is 6.04. The van der Waals surface area contributed by atoms with E-state index in [0.717, 1.165) is 0 Å². The molecule has 1 aromatic rings. The maximum atomic E-state index is 12.8. The number of nitrogens with one attached hydrogen (secondary N) is 1. The largest absolute Gasteiger partial charge is 0.442 e. The maximum absolute atomic E-state index is 12.8. The zero-order valence-electron chi connectivity index (χ0n) is 12.1. The fourth-order valence-corrected chi connectivity index (χ4v) is 2.01. The topological polar surface area (TPSA) is 63.0 Å². The van der Waals surface area contributed by atoms with E-state index in [1.165, 1.54) is 24.3 Å². The summed E-state index contributed by atoms with van der Waals surface area (Å²) in [5.74, 6) is -0.203. The van der Waals surface area contributed by atoms with E-state index in [4.69, 9.17) is 4.74 Å². The van der Waals surface area contributed by atoms with Gasteiger partial charge in [-0.3, -0.25) is 4.79 Å². The first-order valence-corrected chi connectivity index (χ1v) is 6.68. The number of nitrogens with zero attached hydrogens (tertiary/aromatic N) is 2. The van der Waals surface area contributed by atoms with Crippen molar-refractivity contribution in [2.24, 2.45) is 16.1 Å². The molecule has 1 amide bonds. The average Bonchev–Trinajstić information content (AvgIpc) is 3.26. The standard InChI is InChI=1S/C14H16F3N3O2/c1-9(8-22-2)7-18-12(21)10-3-5-11(6-4-10)13(19-20-13)14(15,16)17/h3-6,9H,7-8H2,1-2H3,(H,18,21). The van der Waals surface area contributed by atoms with Crippen LogP contribution >= 0.6 is 0 Å². The Bertz CT molecular complexity index is 564. The van der Waals surface area contributed by atoms with Crippen LogP contribution in [0.1, 0.15) is 22.8 Å². The third-order valence-electron chi connectivity index (χ3n) is 3.31. The third-order valence-corrected chi connectivity index (χ3v) is 3.31. The molecule has 0 aromatic heterocycles. The molecule has 1 unspecified atom stereocenters. The number of carbonyl (C=O) groups excluding carboxylic acids is 1. The van der Waals surface area contributed by atoms with E-state index in [0.29, 0.717) is 13.2 Å². The lowest BCUT2D eigenvalue weighted by molar-refractivity contribution is -0.166. The van der Waals surface area contributed by atoms with Crippen molar-refractivity contribution >= 4 is 5.91 Å². The number of benzene rings is 1. The van der Waals surface area contributed by atoms with Crippen molar-refractivity contribution < 1.29 is 22.7 Å². The molecular weight excluding hydrogens is 299 g/mol. The van der Waals surface area contributed by atoms with E-state index < -0.39 is 11.8 Å². The van der Waals surface area contributed by atoms with Crippen molar-refractivity contribution in [3.05, 3.63) is 35.4 Å². The fourth-order valence-electron chi connectivity index (χ4n) is 2.01. The van der Waals surface area contributed by atoms with Crippen LogP contribution in [-0.4, -0.2) is 32.3 Å². The molecule has 5 nitrogen and oxygen atoms in total. The first-order valence-electron chi connectivity index (χ1n) is 6.68. The number of methoxy groups -OCH3 is 1. The maximum Gasteiger partial charge on any atom is 0.442 e. The van der Waals surface area contributed by atoms with E-state index >= 15 is 0 Å². The molecule has 1 aliphatic heterocycles. The van der Waals surface area contributed by atoms with Crippen molar-refractivity contribution in [2.45, 2.75) is 18.8 Å². The van der Waals surface area contributed by atoms with Crippen LogP contribution in [0, 0.1) is 5.92 Å². The molecule has 0 aliphatic carbocycles. The zero-order valence-corrected chi connectivity index (χ0v) is 12.1. The Morgan fingerprint density at radius 3 is 2.36 bits per heavy atom. The molecule has 1 heterocycles.